The monoisotopic (exact) mass is 292 g/mol. The summed E-state index contributed by atoms with van der Waals surface area (Å²) < 4.78 is 0. The Morgan fingerprint density at radius 1 is 1.24 bits per heavy atom. The van der Waals surface area contributed by atoms with E-state index in [-0.39, 0.29) is 17.9 Å². The summed E-state index contributed by atoms with van der Waals surface area (Å²) in [6.07, 6.45) is -0.107. The third kappa shape index (κ3) is 5.45. The Labute approximate surface area is 125 Å². The van der Waals surface area contributed by atoms with E-state index in [2.05, 4.69) is 10.6 Å². The lowest BCUT2D eigenvalue weighted by Crippen LogP contribution is -2.46. The first-order chi connectivity index (χ1) is 9.59. The summed E-state index contributed by atoms with van der Waals surface area (Å²) in [5.74, 6) is -0.929. The van der Waals surface area contributed by atoms with Gasteiger partial charge in [-0.1, -0.05) is 32.9 Å². The SMILES string of the molecule is Cc1ccc(C)c(NC(=O)NC(CC(=O)O)C(C)(C)C)c1. The summed E-state index contributed by atoms with van der Waals surface area (Å²) in [5, 5.41) is 14.5. The van der Waals surface area contributed by atoms with E-state index in [0.29, 0.717) is 0 Å². The number of carbonyl (C=O) groups is 2. The van der Waals surface area contributed by atoms with Crippen LogP contribution in [0.4, 0.5) is 10.5 Å². The normalized spacial score (nSPS) is 12.6. The van der Waals surface area contributed by atoms with Crippen molar-refractivity contribution in [3.05, 3.63) is 29.3 Å². The summed E-state index contributed by atoms with van der Waals surface area (Å²) in [6, 6.07) is 4.97. The van der Waals surface area contributed by atoms with Gasteiger partial charge in [0.05, 0.1) is 6.42 Å². The van der Waals surface area contributed by atoms with E-state index in [1.54, 1.807) is 0 Å². The van der Waals surface area contributed by atoms with Crippen molar-refractivity contribution in [1.29, 1.82) is 0 Å². The van der Waals surface area contributed by atoms with Crippen LogP contribution < -0.4 is 10.6 Å². The Bertz CT molecular complexity index is 533. The molecular formula is C16H24N2O3. The average Bonchev–Trinajstić information content (AvgIpc) is 2.31. The van der Waals surface area contributed by atoms with E-state index < -0.39 is 12.0 Å². The fourth-order valence-corrected chi connectivity index (χ4v) is 1.94. The van der Waals surface area contributed by atoms with Crippen molar-refractivity contribution in [3.63, 3.8) is 0 Å². The fraction of sp³-hybridized carbons (Fsp3) is 0.500. The Kier molecular flexibility index (Phi) is 5.35. The molecule has 0 aromatic heterocycles. The van der Waals surface area contributed by atoms with Gasteiger partial charge in [0.1, 0.15) is 0 Å². The quantitative estimate of drug-likeness (QED) is 0.796. The summed E-state index contributed by atoms with van der Waals surface area (Å²) in [6.45, 7) is 9.56. The molecule has 0 fully saturated rings. The number of benzene rings is 1. The third-order valence-electron chi connectivity index (χ3n) is 3.37. The van der Waals surface area contributed by atoms with Crippen molar-refractivity contribution in [3.8, 4) is 0 Å². The van der Waals surface area contributed by atoms with E-state index >= 15 is 0 Å². The molecule has 116 valence electrons. The van der Waals surface area contributed by atoms with E-state index in [0.717, 1.165) is 16.8 Å². The Morgan fingerprint density at radius 3 is 2.38 bits per heavy atom. The van der Waals surface area contributed by atoms with Crippen LogP contribution in [0.15, 0.2) is 18.2 Å². The van der Waals surface area contributed by atoms with E-state index in [9.17, 15) is 9.59 Å². The number of amides is 2. The van der Waals surface area contributed by atoms with E-state index in [4.69, 9.17) is 5.11 Å². The molecule has 0 saturated carbocycles. The Morgan fingerprint density at radius 2 is 1.86 bits per heavy atom. The number of carbonyl (C=O) groups excluding carboxylic acids is 1. The minimum Gasteiger partial charge on any atom is -0.481 e. The van der Waals surface area contributed by atoms with Crippen molar-refractivity contribution in [2.45, 2.75) is 47.1 Å². The predicted molar refractivity (Wildman–Crippen MR) is 83.6 cm³/mol. The standard InChI is InChI=1S/C16H24N2O3/c1-10-6-7-11(2)12(8-10)17-15(21)18-13(9-14(19)20)16(3,4)5/h6-8,13H,9H2,1-5H3,(H,19,20)(H2,17,18,21). The summed E-state index contributed by atoms with van der Waals surface area (Å²) in [7, 11) is 0. The highest BCUT2D eigenvalue weighted by molar-refractivity contribution is 5.90. The number of aryl methyl sites for hydroxylation is 2. The van der Waals surface area contributed by atoms with Gasteiger partial charge in [0.2, 0.25) is 0 Å². The average molecular weight is 292 g/mol. The van der Waals surface area contributed by atoms with E-state index in [1.165, 1.54) is 0 Å². The molecule has 5 nitrogen and oxygen atoms in total. The van der Waals surface area contributed by atoms with Gasteiger partial charge in [-0.2, -0.15) is 0 Å². The fourth-order valence-electron chi connectivity index (χ4n) is 1.94. The molecule has 0 bridgehead atoms. The zero-order valence-electron chi connectivity index (χ0n) is 13.3. The van der Waals surface area contributed by atoms with Crippen LogP contribution in [-0.4, -0.2) is 23.1 Å². The zero-order chi connectivity index (χ0) is 16.2. The minimum absolute atomic E-state index is 0.107. The van der Waals surface area contributed by atoms with Gasteiger partial charge in [-0.3, -0.25) is 4.79 Å². The van der Waals surface area contributed by atoms with Gasteiger partial charge in [0, 0.05) is 11.7 Å². The lowest BCUT2D eigenvalue weighted by atomic mass is 9.85. The van der Waals surface area contributed by atoms with Crippen LogP contribution in [-0.2, 0) is 4.79 Å². The number of urea groups is 1. The van der Waals surface area contributed by atoms with Crippen LogP contribution >= 0.6 is 0 Å². The van der Waals surface area contributed by atoms with Gasteiger partial charge in [-0.15, -0.1) is 0 Å². The van der Waals surface area contributed by atoms with Gasteiger partial charge in [0.25, 0.3) is 0 Å². The van der Waals surface area contributed by atoms with Gasteiger partial charge in [-0.05, 0) is 36.5 Å². The van der Waals surface area contributed by atoms with Crippen LogP contribution in [0.25, 0.3) is 0 Å². The van der Waals surface area contributed by atoms with Crippen molar-refractivity contribution in [2.75, 3.05) is 5.32 Å². The van der Waals surface area contributed by atoms with Crippen molar-refractivity contribution in [2.24, 2.45) is 5.41 Å². The highest BCUT2D eigenvalue weighted by Crippen LogP contribution is 2.22. The maximum absolute atomic E-state index is 12.1. The number of anilines is 1. The zero-order valence-corrected chi connectivity index (χ0v) is 13.3. The Hall–Kier alpha value is -2.04. The second-order valence-corrected chi connectivity index (χ2v) is 6.43. The summed E-state index contributed by atoms with van der Waals surface area (Å²) >= 11 is 0. The molecule has 0 spiro atoms. The van der Waals surface area contributed by atoms with Gasteiger partial charge < -0.3 is 15.7 Å². The molecular weight excluding hydrogens is 268 g/mol. The molecule has 2 amide bonds. The van der Waals surface area contributed by atoms with Crippen LogP contribution in [0.5, 0.6) is 0 Å². The molecule has 0 heterocycles. The number of nitrogens with one attached hydrogen (secondary N) is 2. The first-order valence-corrected chi connectivity index (χ1v) is 6.96. The first-order valence-electron chi connectivity index (χ1n) is 6.96. The molecule has 0 aliphatic rings. The molecule has 0 saturated heterocycles. The molecule has 1 aromatic rings. The van der Waals surface area contributed by atoms with Crippen molar-refractivity contribution < 1.29 is 14.7 Å². The lowest BCUT2D eigenvalue weighted by Gasteiger charge is -2.30. The van der Waals surface area contributed by atoms with E-state index in [1.807, 2.05) is 52.8 Å². The maximum atomic E-state index is 12.1. The molecule has 0 aliphatic carbocycles. The molecule has 1 rings (SSSR count). The number of aliphatic carboxylic acids is 1. The van der Waals surface area contributed by atoms with Crippen LogP contribution in [0.1, 0.15) is 38.3 Å². The number of carboxylic acids is 1. The lowest BCUT2D eigenvalue weighted by molar-refractivity contribution is -0.138. The summed E-state index contributed by atoms with van der Waals surface area (Å²) in [5.41, 5.74) is 2.41. The molecule has 5 heteroatoms. The largest absolute Gasteiger partial charge is 0.481 e. The minimum atomic E-state index is -0.929. The van der Waals surface area contributed by atoms with Gasteiger partial charge >= 0.3 is 12.0 Å². The molecule has 0 radical (unpaired) electrons. The Balaban J connectivity index is 2.78. The molecule has 0 aliphatic heterocycles. The second-order valence-electron chi connectivity index (χ2n) is 6.43. The molecule has 3 N–H and O–H groups in total. The smallest absolute Gasteiger partial charge is 0.319 e. The third-order valence-corrected chi connectivity index (χ3v) is 3.37. The molecule has 21 heavy (non-hydrogen) atoms. The predicted octanol–water partition coefficient (Wildman–Crippen LogP) is 3.31. The summed E-state index contributed by atoms with van der Waals surface area (Å²) in [4.78, 5) is 23.0. The van der Waals surface area contributed by atoms with Crippen LogP contribution in [0.2, 0.25) is 0 Å². The molecule has 1 aromatic carbocycles. The number of carboxylic acid groups (broad SMARTS) is 1. The van der Waals surface area contributed by atoms with Gasteiger partial charge in [0.15, 0.2) is 0 Å². The molecule has 1 unspecified atom stereocenters. The second kappa shape index (κ2) is 6.61. The maximum Gasteiger partial charge on any atom is 0.319 e. The number of hydrogen-bond acceptors (Lipinski definition) is 2. The highest BCUT2D eigenvalue weighted by Gasteiger charge is 2.28. The first kappa shape index (κ1) is 17.0. The topological polar surface area (TPSA) is 78.4 Å². The number of hydrogen-bond donors (Lipinski definition) is 3. The van der Waals surface area contributed by atoms with Crippen molar-refractivity contribution >= 4 is 17.7 Å². The van der Waals surface area contributed by atoms with Gasteiger partial charge in [-0.25, -0.2) is 4.79 Å². The highest BCUT2D eigenvalue weighted by atomic mass is 16.4. The number of rotatable bonds is 4. The van der Waals surface area contributed by atoms with Crippen molar-refractivity contribution in [1.82, 2.24) is 5.32 Å². The molecule has 1 atom stereocenters. The van der Waals surface area contributed by atoms with Crippen LogP contribution in [0.3, 0.4) is 0 Å². The van der Waals surface area contributed by atoms with Crippen LogP contribution in [0, 0.1) is 19.3 Å².